The van der Waals surface area contributed by atoms with Gasteiger partial charge in [-0.3, -0.25) is 9.48 Å². The maximum Gasteiger partial charge on any atom is 0.436 e. The number of aryl methyl sites for hydroxylation is 1. The van der Waals surface area contributed by atoms with Gasteiger partial charge in [-0.05, 0) is 54.7 Å². The second-order valence-corrected chi connectivity index (χ2v) is 8.65. The van der Waals surface area contributed by atoms with Crippen LogP contribution in [0.1, 0.15) is 71.3 Å². The molecule has 1 N–H and O–H groups in total. The molecule has 32 heavy (non-hydrogen) atoms. The molecule has 2 heterocycles. The quantitative estimate of drug-likeness (QED) is 0.713. The van der Waals surface area contributed by atoms with Gasteiger partial charge in [-0.15, -0.1) is 0 Å². The monoisotopic (exact) mass is 449 g/mol. The lowest BCUT2D eigenvalue weighted by Gasteiger charge is -2.33. The zero-order valence-electron chi connectivity index (χ0n) is 17.9. The predicted molar refractivity (Wildman–Crippen MR) is 110 cm³/mol. The van der Waals surface area contributed by atoms with Crippen LogP contribution in [0, 0.1) is 5.92 Å². The fourth-order valence-electron chi connectivity index (χ4n) is 4.52. The van der Waals surface area contributed by atoms with E-state index in [1.54, 1.807) is 0 Å². The molecule has 0 spiro atoms. The number of benzene rings is 1. The van der Waals surface area contributed by atoms with Gasteiger partial charge in [0, 0.05) is 25.2 Å². The summed E-state index contributed by atoms with van der Waals surface area (Å²) in [7, 11) is 0. The SMILES string of the molecule is CCc1cc(Cn2cc(C(=O)O)c(C(F)(F)F)n2)ccc1C1CCN(C(=O)C2CC2)CC1. The van der Waals surface area contributed by atoms with E-state index >= 15 is 0 Å². The van der Waals surface area contributed by atoms with E-state index in [-0.39, 0.29) is 18.4 Å². The third-order valence-electron chi connectivity index (χ3n) is 6.37. The zero-order chi connectivity index (χ0) is 23.0. The van der Waals surface area contributed by atoms with Crippen molar-refractivity contribution in [2.45, 2.75) is 57.7 Å². The molecule has 1 aromatic carbocycles. The first kappa shape index (κ1) is 22.4. The van der Waals surface area contributed by atoms with Crippen LogP contribution in [0.25, 0.3) is 0 Å². The Balaban J connectivity index is 1.48. The normalized spacial score (nSPS) is 17.6. The van der Waals surface area contributed by atoms with Gasteiger partial charge in [0.25, 0.3) is 0 Å². The second-order valence-electron chi connectivity index (χ2n) is 8.65. The minimum Gasteiger partial charge on any atom is -0.478 e. The fraction of sp³-hybridized carbons (Fsp3) is 0.522. The first-order valence-electron chi connectivity index (χ1n) is 11.0. The lowest BCUT2D eigenvalue weighted by Crippen LogP contribution is -2.38. The van der Waals surface area contributed by atoms with E-state index in [4.69, 9.17) is 5.11 Å². The Kier molecular flexibility index (Phi) is 6.01. The third-order valence-corrected chi connectivity index (χ3v) is 6.37. The van der Waals surface area contributed by atoms with Crippen LogP contribution in [0.3, 0.4) is 0 Å². The Hall–Kier alpha value is -2.84. The lowest BCUT2D eigenvalue weighted by molar-refractivity contribution is -0.142. The average molecular weight is 449 g/mol. The number of hydrogen-bond donors (Lipinski definition) is 1. The molecule has 1 saturated heterocycles. The number of nitrogens with zero attached hydrogens (tertiary/aromatic N) is 3. The number of likely N-dealkylation sites (tertiary alicyclic amines) is 1. The molecule has 1 aromatic heterocycles. The number of carbonyl (C=O) groups excluding carboxylic acids is 1. The van der Waals surface area contributed by atoms with Crippen LogP contribution in [-0.2, 0) is 23.9 Å². The summed E-state index contributed by atoms with van der Waals surface area (Å²) < 4.78 is 40.3. The number of carboxylic acid groups (broad SMARTS) is 1. The highest BCUT2D eigenvalue weighted by Gasteiger charge is 2.39. The molecule has 0 unspecified atom stereocenters. The number of carbonyl (C=O) groups is 2. The van der Waals surface area contributed by atoms with Gasteiger partial charge in [-0.25, -0.2) is 4.79 Å². The Bertz CT molecular complexity index is 1020. The summed E-state index contributed by atoms with van der Waals surface area (Å²) in [5.41, 5.74) is 0.871. The maximum atomic E-state index is 13.1. The molecule has 6 nitrogen and oxygen atoms in total. The zero-order valence-corrected chi connectivity index (χ0v) is 17.9. The average Bonchev–Trinajstić information content (AvgIpc) is 3.51. The predicted octanol–water partition coefficient (Wildman–Crippen LogP) is 4.33. The largest absolute Gasteiger partial charge is 0.478 e. The number of rotatable bonds is 6. The van der Waals surface area contributed by atoms with Gasteiger partial charge < -0.3 is 10.0 Å². The Morgan fingerprint density at radius 1 is 1.16 bits per heavy atom. The van der Waals surface area contributed by atoms with Crippen LogP contribution >= 0.6 is 0 Å². The number of halogens is 3. The van der Waals surface area contributed by atoms with E-state index in [0.29, 0.717) is 5.92 Å². The standard InChI is InChI=1S/C23H26F3N3O3/c1-2-15-11-14(12-29-13-19(22(31)32)20(27-29)23(24,25)26)3-6-18(15)16-7-9-28(10-8-16)21(30)17-4-5-17/h3,6,11,13,16-17H,2,4-5,7-10,12H2,1H3,(H,31,32). The van der Waals surface area contributed by atoms with Gasteiger partial charge in [0.15, 0.2) is 5.69 Å². The van der Waals surface area contributed by atoms with Gasteiger partial charge in [-0.2, -0.15) is 18.3 Å². The van der Waals surface area contributed by atoms with Crippen LogP contribution in [0.5, 0.6) is 0 Å². The molecule has 1 aliphatic carbocycles. The molecule has 2 aromatic rings. The summed E-state index contributed by atoms with van der Waals surface area (Å²) >= 11 is 0. The van der Waals surface area contributed by atoms with Gasteiger partial charge in [-0.1, -0.05) is 25.1 Å². The first-order chi connectivity index (χ1) is 15.2. The topological polar surface area (TPSA) is 75.4 Å². The molecule has 9 heteroatoms. The molecule has 1 aliphatic heterocycles. The summed E-state index contributed by atoms with van der Waals surface area (Å²) in [5, 5.41) is 12.6. The smallest absolute Gasteiger partial charge is 0.436 e. The first-order valence-corrected chi connectivity index (χ1v) is 11.0. The van der Waals surface area contributed by atoms with E-state index in [9.17, 15) is 22.8 Å². The van der Waals surface area contributed by atoms with Crippen molar-refractivity contribution < 1.29 is 27.9 Å². The van der Waals surface area contributed by atoms with E-state index in [0.717, 1.165) is 67.2 Å². The van der Waals surface area contributed by atoms with Crippen molar-refractivity contribution in [2.75, 3.05) is 13.1 Å². The summed E-state index contributed by atoms with van der Waals surface area (Å²) in [6.45, 7) is 3.61. The molecule has 1 amide bonds. The van der Waals surface area contributed by atoms with Crippen LogP contribution in [0.15, 0.2) is 24.4 Å². The second kappa shape index (κ2) is 8.60. The highest BCUT2D eigenvalue weighted by molar-refractivity contribution is 5.88. The van der Waals surface area contributed by atoms with Gasteiger partial charge in [0.1, 0.15) is 5.56 Å². The van der Waals surface area contributed by atoms with Crippen molar-refractivity contribution in [2.24, 2.45) is 5.92 Å². The Morgan fingerprint density at radius 2 is 1.84 bits per heavy atom. The maximum absolute atomic E-state index is 13.1. The van der Waals surface area contributed by atoms with Crippen LogP contribution in [0.2, 0.25) is 0 Å². The number of hydrogen-bond acceptors (Lipinski definition) is 3. The number of carboxylic acids is 1. The van der Waals surface area contributed by atoms with Crippen molar-refractivity contribution >= 4 is 11.9 Å². The molecule has 0 radical (unpaired) electrons. The van der Waals surface area contributed by atoms with E-state index < -0.39 is 23.4 Å². The number of alkyl halides is 3. The summed E-state index contributed by atoms with van der Waals surface area (Å²) in [6.07, 6.45) is 0.702. The molecule has 1 saturated carbocycles. The molecule has 0 atom stereocenters. The number of piperidine rings is 1. The highest BCUT2D eigenvalue weighted by Crippen LogP contribution is 2.36. The van der Waals surface area contributed by atoms with E-state index in [1.807, 2.05) is 30.0 Å². The Morgan fingerprint density at radius 3 is 2.38 bits per heavy atom. The van der Waals surface area contributed by atoms with E-state index in [2.05, 4.69) is 5.10 Å². The van der Waals surface area contributed by atoms with Gasteiger partial charge in [0.2, 0.25) is 5.91 Å². The van der Waals surface area contributed by atoms with Crippen LogP contribution in [0.4, 0.5) is 13.2 Å². The fourth-order valence-corrected chi connectivity index (χ4v) is 4.52. The lowest BCUT2D eigenvalue weighted by atomic mass is 9.85. The molecule has 2 aliphatic rings. The molecule has 2 fully saturated rings. The molecule has 0 bridgehead atoms. The third kappa shape index (κ3) is 4.66. The highest BCUT2D eigenvalue weighted by atomic mass is 19.4. The number of amides is 1. The molecular formula is C23H26F3N3O3. The summed E-state index contributed by atoms with van der Waals surface area (Å²) in [5.74, 6) is -0.784. The van der Waals surface area contributed by atoms with Crippen molar-refractivity contribution in [3.05, 3.63) is 52.3 Å². The van der Waals surface area contributed by atoms with Crippen LogP contribution in [-0.4, -0.2) is 44.8 Å². The van der Waals surface area contributed by atoms with Crippen LogP contribution < -0.4 is 0 Å². The molecule has 172 valence electrons. The summed E-state index contributed by atoms with van der Waals surface area (Å²) in [4.78, 5) is 25.4. The summed E-state index contributed by atoms with van der Waals surface area (Å²) in [6, 6.07) is 5.85. The molecular weight excluding hydrogens is 423 g/mol. The Labute approximate surface area is 184 Å². The van der Waals surface area contributed by atoms with E-state index in [1.165, 1.54) is 5.56 Å². The number of aromatic nitrogens is 2. The van der Waals surface area contributed by atoms with Crippen molar-refractivity contribution in [3.63, 3.8) is 0 Å². The van der Waals surface area contributed by atoms with Crippen molar-refractivity contribution in [3.8, 4) is 0 Å². The minimum atomic E-state index is -4.83. The van der Waals surface area contributed by atoms with Gasteiger partial charge >= 0.3 is 12.1 Å². The van der Waals surface area contributed by atoms with Gasteiger partial charge in [0.05, 0.1) is 6.54 Å². The van der Waals surface area contributed by atoms with Crippen molar-refractivity contribution in [1.82, 2.24) is 14.7 Å². The number of aromatic carboxylic acids is 1. The molecule has 4 rings (SSSR count). The van der Waals surface area contributed by atoms with Crippen molar-refractivity contribution in [1.29, 1.82) is 0 Å². The minimum absolute atomic E-state index is 0.0535.